The summed E-state index contributed by atoms with van der Waals surface area (Å²) in [5.74, 6) is -9.15. The van der Waals surface area contributed by atoms with Gasteiger partial charge in [0.1, 0.15) is 42.0 Å². The van der Waals surface area contributed by atoms with E-state index in [1.165, 1.54) is 36.8 Å². The maximum absolute atomic E-state index is 14.2. The second kappa shape index (κ2) is 31.8. The van der Waals surface area contributed by atoms with E-state index in [1.54, 1.807) is 6.92 Å². The van der Waals surface area contributed by atoms with Crippen molar-refractivity contribution in [3.05, 3.63) is 48.0 Å². The second-order valence-electron chi connectivity index (χ2n) is 17.8. The number of nitrogens with zero attached hydrogens (tertiary/aromatic N) is 2. The van der Waals surface area contributed by atoms with Crippen LogP contribution < -0.4 is 60.2 Å². The smallest absolute Gasteiger partial charge is 0.326 e. The Morgan fingerprint density at radius 2 is 1.25 bits per heavy atom. The number of rotatable bonds is 34. The van der Waals surface area contributed by atoms with Crippen molar-refractivity contribution in [2.75, 3.05) is 19.6 Å². The van der Waals surface area contributed by atoms with Gasteiger partial charge in [0.15, 0.2) is 5.96 Å². The Kier molecular flexibility index (Phi) is 26.8. The van der Waals surface area contributed by atoms with E-state index in [0.717, 1.165) is 0 Å². The van der Waals surface area contributed by atoms with E-state index in [0.29, 0.717) is 30.5 Å². The van der Waals surface area contributed by atoms with Gasteiger partial charge in [-0.25, -0.2) is 9.78 Å². The molecular weight excluding hydrogens is 941 g/mol. The van der Waals surface area contributed by atoms with Crippen molar-refractivity contribution in [2.45, 2.75) is 141 Å². The number of phenols is 1. The number of carboxylic acids is 2. The number of carboxylic acid groups (broad SMARTS) is 2. The molecule has 0 radical (unpaired) electrons. The number of aromatic hydroxyl groups is 1. The van der Waals surface area contributed by atoms with E-state index >= 15 is 0 Å². The van der Waals surface area contributed by atoms with Gasteiger partial charge in [0.05, 0.1) is 18.9 Å². The van der Waals surface area contributed by atoms with Crippen molar-refractivity contribution in [1.82, 2.24) is 47.2 Å². The molecule has 0 saturated carbocycles. The van der Waals surface area contributed by atoms with Crippen molar-refractivity contribution >= 4 is 59.2 Å². The fourth-order valence-electron chi connectivity index (χ4n) is 7.07. The SMILES string of the molecule is CC[C@H](C)[C@@H](N)C(=O)N[C@H](CC(C)C)C(=O)NCC(=O)N[C@H](Cc1cnc[nH]1)C(=O)N[C@H](CCCN=C(N)N)C(=O)N[C@H](CCC(=O)O)C(=O)N[C@H](Cc1ccc(O)cc1)C(=O)N[C@H](CCCCN)C(=O)O. The van der Waals surface area contributed by atoms with Gasteiger partial charge >= 0.3 is 11.9 Å². The number of unbranched alkanes of at least 4 members (excludes halogenated alkanes) is 1. The molecule has 0 aliphatic carbocycles. The standard InChI is InChI=1S/C46H74N14O12/c1-5-26(4)38(48)44(70)60-33(19-25(2)3)39(65)53-23-36(62)55-35(21-28-22-51-24-54-28)43(69)56-30(10-8-18-52-46(49)50)40(66)57-31(15-16-37(63)64)41(67)59-34(20-27-11-13-29(61)14-12-27)42(68)58-32(45(71)72)9-6-7-17-47/h11-14,22,24-26,30-35,38,61H,5-10,15-21,23,47-48H2,1-4H3,(H,51,54)(H,53,65)(H,55,62)(H,56,69)(H,57,66)(H,58,68)(H,59,67)(H,60,70)(H,63,64)(H,71,72)(H4,49,50,52)/t26-,30+,31+,32+,33+,34+,35+,38+/m0/s1. The van der Waals surface area contributed by atoms with Crippen LogP contribution in [-0.2, 0) is 56.0 Å². The molecule has 0 bridgehead atoms. The molecule has 0 aliphatic rings. The third kappa shape index (κ3) is 23.0. The van der Waals surface area contributed by atoms with Gasteiger partial charge in [0, 0.05) is 37.7 Å². The van der Waals surface area contributed by atoms with Crippen LogP contribution in [0.2, 0.25) is 0 Å². The Morgan fingerprint density at radius 3 is 1.79 bits per heavy atom. The lowest BCUT2D eigenvalue weighted by molar-refractivity contribution is -0.142. The van der Waals surface area contributed by atoms with E-state index in [9.17, 15) is 58.5 Å². The number of nitrogens with one attached hydrogen (secondary N) is 8. The molecule has 72 heavy (non-hydrogen) atoms. The van der Waals surface area contributed by atoms with Gasteiger partial charge < -0.3 is 80.5 Å². The highest BCUT2D eigenvalue weighted by Crippen LogP contribution is 2.14. The minimum Gasteiger partial charge on any atom is -0.508 e. The summed E-state index contributed by atoms with van der Waals surface area (Å²) in [7, 11) is 0. The summed E-state index contributed by atoms with van der Waals surface area (Å²) in [6.45, 7) is 7.00. The molecule has 0 fully saturated rings. The van der Waals surface area contributed by atoms with Crippen LogP contribution in [0, 0.1) is 11.8 Å². The molecule has 19 N–H and O–H groups in total. The Hall–Kier alpha value is -7.35. The van der Waals surface area contributed by atoms with E-state index in [1.807, 2.05) is 20.8 Å². The minimum absolute atomic E-state index is 0.0155. The van der Waals surface area contributed by atoms with Gasteiger partial charge in [-0.2, -0.15) is 0 Å². The number of H-pyrrole nitrogens is 1. The van der Waals surface area contributed by atoms with Gasteiger partial charge in [-0.15, -0.1) is 0 Å². The fraction of sp³-hybridized carbons (Fsp3) is 0.587. The van der Waals surface area contributed by atoms with Gasteiger partial charge in [-0.1, -0.05) is 46.2 Å². The topological polar surface area (TPSA) is 444 Å². The monoisotopic (exact) mass is 1010 g/mol. The molecule has 1 aromatic carbocycles. The predicted octanol–water partition coefficient (Wildman–Crippen LogP) is -2.52. The Morgan fingerprint density at radius 1 is 0.694 bits per heavy atom. The van der Waals surface area contributed by atoms with Gasteiger partial charge in [0.25, 0.3) is 0 Å². The average molecular weight is 1020 g/mol. The molecule has 26 heteroatoms. The van der Waals surface area contributed by atoms with Gasteiger partial charge in [0.2, 0.25) is 41.4 Å². The molecule has 8 atom stereocenters. The molecule has 7 amide bonds. The summed E-state index contributed by atoms with van der Waals surface area (Å²) in [6, 6.07) is -3.73. The van der Waals surface area contributed by atoms with Gasteiger partial charge in [-0.05, 0) is 81.0 Å². The zero-order valence-electron chi connectivity index (χ0n) is 41.3. The molecule has 400 valence electrons. The number of hydrogen-bond donors (Lipinski definition) is 15. The highest BCUT2D eigenvalue weighted by atomic mass is 16.4. The van der Waals surface area contributed by atoms with Crippen LogP contribution in [0.25, 0.3) is 0 Å². The second-order valence-corrected chi connectivity index (χ2v) is 17.8. The van der Waals surface area contributed by atoms with Crippen molar-refractivity contribution in [3.8, 4) is 5.75 Å². The number of benzene rings is 1. The van der Waals surface area contributed by atoms with Crippen LogP contribution >= 0.6 is 0 Å². The molecule has 2 aromatic rings. The quantitative estimate of drug-likeness (QED) is 0.0195. The zero-order valence-corrected chi connectivity index (χ0v) is 41.3. The van der Waals surface area contributed by atoms with Crippen molar-refractivity contribution in [3.63, 3.8) is 0 Å². The highest BCUT2D eigenvalue weighted by molar-refractivity contribution is 5.97. The first-order chi connectivity index (χ1) is 34.0. The molecule has 1 aromatic heterocycles. The third-order valence-electron chi connectivity index (χ3n) is 11.4. The molecule has 2 rings (SSSR count). The van der Waals surface area contributed by atoms with Gasteiger partial charge in [-0.3, -0.25) is 43.3 Å². The lowest BCUT2D eigenvalue weighted by Crippen LogP contribution is -2.59. The molecule has 0 spiro atoms. The van der Waals surface area contributed by atoms with Crippen molar-refractivity contribution in [2.24, 2.45) is 39.8 Å². The summed E-state index contributed by atoms with van der Waals surface area (Å²) < 4.78 is 0. The number of hydrogen-bond acceptors (Lipinski definition) is 14. The van der Waals surface area contributed by atoms with E-state index < -0.39 is 115 Å². The van der Waals surface area contributed by atoms with E-state index in [2.05, 4.69) is 52.2 Å². The summed E-state index contributed by atoms with van der Waals surface area (Å²) in [5, 5.41) is 47.0. The number of carbonyl (C=O) groups excluding carboxylic acids is 7. The van der Waals surface area contributed by atoms with Crippen LogP contribution in [0.1, 0.15) is 96.7 Å². The highest BCUT2D eigenvalue weighted by Gasteiger charge is 2.34. The Bertz CT molecular complexity index is 2120. The van der Waals surface area contributed by atoms with Crippen LogP contribution in [-0.4, -0.2) is 146 Å². The van der Waals surface area contributed by atoms with E-state index in [-0.39, 0.29) is 75.2 Å². The first-order valence-corrected chi connectivity index (χ1v) is 23.8. The maximum Gasteiger partial charge on any atom is 0.326 e. The normalized spacial score (nSPS) is 14.4. The number of aromatic nitrogens is 2. The largest absolute Gasteiger partial charge is 0.508 e. The Balaban J connectivity index is 2.43. The van der Waals surface area contributed by atoms with E-state index in [4.69, 9.17) is 22.9 Å². The summed E-state index contributed by atoms with van der Waals surface area (Å²) in [4.78, 5) is 130. The number of aliphatic carboxylic acids is 2. The lowest BCUT2D eigenvalue weighted by Gasteiger charge is -2.27. The predicted molar refractivity (Wildman–Crippen MR) is 263 cm³/mol. The zero-order chi connectivity index (χ0) is 53.9. The average Bonchev–Trinajstić information content (AvgIpc) is 3.84. The van der Waals surface area contributed by atoms with Crippen LogP contribution in [0.5, 0.6) is 5.75 Å². The number of nitrogens with two attached hydrogens (primary N) is 4. The molecule has 26 nitrogen and oxygen atoms in total. The first kappa shape index (κ1) is 60.8. The maximum atomic E-state index is 14.2. The molecular formula is C46H74N14O12. The van der Waals surface area contributed by atoms with Crippen molar-refractivity contribution in [1.29, 1.82) is 0 Å². The number of aromatic amines is 1. The molecule has 1 heterocycles. The first-order valence-electron chi connectivity index (χ1n) is 23.8. The summed E-state index contributed by atoms with van der Waals surface area (Å²) in [6.07, 6.45) is 2.74. The number of phenolic OH excluding ortho intramolecular Hbond substituents is 1. The van der Waals surface area contributed by atoms with Crippen molar-refractivity contribution < 1.29 is 58.5 Å². The van der Waals surface area contributed by atoms with Crippen LogP contribution in [0.3, 0.4) is 0 Å². The number of amides is 7. The minimum atomic E-state index is -1.65. The number of aliphatic imine (C=N–C) groups is 1. The van der Waals surface area contributed by atoms with Crippen LogP contribution in [0.15, 0.2) is 41.8 Å². The molecule has 0 saturated heterocycles. The number of carbonyl (C=O) groups is 9. The number of imidazole rings is 1. The Labute approximate surface area is 417 Å². The third-order valence-corrected chi connectivity index (χ3v) is 11.4. The lowest BCUT2D eigenvalue weighted by atomic mass is 9.97. The number of guanidine groups is 1. The summed E-state index contributed by atoms with van der Waals surface area (Å²) in [5.41, 5.74) is 23.4. The fourth-order valence-corrected chi connectivity index (χ4v) is 7.07. The molecule has 0 aliphatic heterocycles. The van der Waals surface area contributed by atoms with Crippen LogP contribution in [0.4, 0.5) is 0 Å². The molecule has 0 unspecified atom stereocenters. The summed E-state index contributed by atoms with van der Waals surface area (Å²) >= 11 is 0.